The van der Waals surface area contributed by atoms with Crippen LogP contribution in [0.1, 0.15) is 25.3 Å². The highest BCUT2D eigenvalue weighted by Gasteiger charge is 2.18. The van der Waals surface area contributed by atoms with Crippen LogP contribution in [0.5, 0.6) is 0 Å². The van der Waals surface area contributed by atoms with Gasteiger partial charge < -0.3 is 19.5 Å². The number of para-hydroxylation sites is 2. The van der Waals surface area contributed by atoms with E-state index in [-0.39, 0.29) is 18.9 Å². The average molecular weight is 488 g/mol. The normalized spacial score (nSPS) is 11.1. The molecule has 0 fully saturated rings. The van der Waals surface area contributed by atoms with E-state index >= 15 is 0 Å². The van der Waals surface area contributed by atoms with Crippen molar-refractivity contribution in [1.82, 2.24) is 0 Å². The molecule has 2 rings (SSSR count). The number of halogens is 2. The minimum atomic E-state index is -1.15. The van der Waals surface area contributed by atoms with E-state index in [1.807, 2.05) is 0 Å². The van der Waals surface area contributed by atoms with Crippen molar-refractivity contribution in [2.45, 2.75) is 32.5 Å². The monoisotopic (exact) mass is 487 g/mol. The van der Waals surface area contributed by atoms with E-state index in [1.165, 1.54) is 6.92 Å². The second-order valence-corrected chi connectivity index (χ2v) is 7.79. The summed E-state index contributed by atoms with van der Waals surface area (Å²) in [4.78, 5) is 24.3. The highest BCUT2D eigenvalue weighted by atomic mass is 35.5. The van der Waals surface area contributed by atoms with Gasteiger partial charge in [-0.1, -0.05) is 47.5 Å². The second kappa shape index (κ2) is 13.3. The van der Waals surface area contributed by atoms with Crippen molar-refractivity contribution < 1.29 is 23.8 Å². The minimum absolute atomic E-state index is 0.0115. The lowest BCUT2D eigenvalue weighted by Gasteiger charge is -2.17. The zero-order valence-corrected chi connectivity index (χ0v) is 19.5. The standard InChI is InChI=1S/C25H23Cl2NO5/c1-4-9-18(10-5-2)16-31-25(30)33-17(3)32-23(29)15-19-11-6-7-14-22(19)28-24-20(26)12-8-13-21(24)27/h1-2,6-8,11-14,17-18,28H,9-10,15-16H2,3H3. The Bertz CT molecular complexity index is 1020. The maximum absolute atomic E-state index is 12.4. The van der Waals surface area contributed by atoms with Crippen LogP contribution in [0.3, 0.4) is 0 Å². The molecule has 33 heavy (non-hydrogen) atoms. The molecule has 0 aromatic heterocycles. The van der Waals surface area contributed by atoms with Gasteiger partial charge in [-0.2, -0.15) is 0 Å². The molecule has 0 saturated carbocycles. The third kappa shape index (κ3) is 8.61. The van der Waals surface area contributed by atoms with Gasteiger partial charge in [-0.05, 0) is 23.8 Å². The minimum Gasteiger partial charge on any atom is -0.434 e. The first-order valence-electron chi connectivity index (χ1n) is 10.0. The first kappa shape index (κ1) is 25.9. The maximum Gasteiger partial charge on any atom is 0.511 e. The predicted octanol–water partition coefficient (Wildman–Crippen LogP) is 5.98. The summed E-state index contributed by atoms with van der Waals surface area (Å²) < 4.78 is 15.1. The number of nitrogens with one attached hydrogen (secondary N) is 1. The molecule has 2 aromatic rings. The van der Waals surface area contributed by atoms with E-state index in [4.69, 9.17) is 50.3 Å². The highest BCUT2D eigenvalue weighted by Crippen LogP contribution is 2.33. The molecule has 8 heteroatoms. The van der Waals surface area contributed by atoms with Gasteiger partial charge in [0, 0.05) is 31.4 Å². The van der Waals surface area contributed by atoms with E-state index in [2.05, 4.69) is 17.2 Å². The zero-order chi connectivity index (χ0) is 24.2. The number of hydrogen-bond acceptors (Lipinski definition) is 6. The molecule has 0 aliphatic rings. The Morgan fingerprint density at radius 2 is 1.64 bits per heavy atom. The van der Waals surface area contributed by atoms with Crippen LogP contribution in [0.2, 0.25) is 10.0 Å². The third-order valence-electron chi connectivity index (χ3n) is 4.38. The van der Waals surface area contributed by atoms with Crippen molar-refractivity contribution in [3.05, 3.63) is 58.1 Å². The molecule has 2 aromatic carbocycles. The number of ether oxygens (including phenoxy) is 3. The lowest BCUT2D eigenvalue weighted by Crippen LogP contribution is -2.24. The van der Waals surface area contributed by atoms with Gasteiger partial charge in [0.05, 0.1) is 28.8 Å². The summed E-state index contributed by atoms with van der Waals surface area (Å²) in [7, 11) is 0. The molecule has 0 radical (unpaired) electrons. The number of hydrogen-bond donors (Lipinski definition) is 1. The van der Waals surface area contributed by atoms with Crippen LogP contribution in [-0.4, -0.2) is 25.0 Å². The molecule has 172 valence electrons. The first-order chi connectivity index (χ1) is 15.8. The molecule has 1 N–H and O–H groups in total. The molecular weight excluding hydrogens is 465 g/mol. The topological polar surface area (TPSA) is 73.9 Å². The lowest BCUT2D eigenvalue weighted by molar-refractivity contribution is -0.167. The Labute approximate surface area is 203 Å². The number of carbonyl (C=O) groups excluding carboxylic acids is 2. The fraction of sp³-hybridized carbons (Fsp3) is 0.280. The van der Waals surface area contributed by atoms with E-state index in [0.717, 1.165) is 0 Å². The summed E-state index contributed by atoms with van der Waals surface area (Å²) in [5, 5.41) is 4.02. The third-order valence-corrected chi connectivity index (χ3v) is 5.01. The quantitative estimate of drug-likeness (QED) is 0.252. The van der Waals surface area contributed by atoms with Gasteiger partial charge in [0.25, 0.3) is 0 Å². The summed E-state index contributed by atoms with van der Waals surface area (Å²) >= 11 is 12.4. The number of rotatable bonds is 10. The van der Waals surface area contributed by atoms with Crippen LogP contribution in [0.15, 0.2) is 42.5 Å². The van der Waals surface area contributed by atoms with Crippen LogP contribution in [0, 0.1) is 30.6 Å². The van der Waals surface area contributed by atoms with Gasteiger partial charge in [-0.25, -0.2) is 4.79 Å². The molecule has 0 aliphatic carbocycles. The SMILES string of the molecule is C#CCC(CC#C)COC(=O)OC(C)OC(=O)Cc1ccccc1Nc1c(Cl)cccc1Cl. The van der Waals surface area contributed by atoms with Crippen molar-refractivity contribution in [2.24, 2.45) is 5.92 Å². The molecule has 6 nitrogen and oxygen atoms in total. The van der Waals surface area contributed by atoms with Crippen LogP contribution in [-0.2, 0) is 25.4 Å². The van der Waals surface area contributed by atoms with Crippen molar-refractivity contribution in [1.29, 1.82) is 0 Å². The number of benzene rings is 2. The van der Waals surface area contributed by atoms with Crippen molar-refractivity contribution in [3.63, 3.8) is 0 Å². The van der Waals surface area contributed by atoms with Gasteiger partial charge in [0.1, 0.15) is 0 Å². The van der Waals surface area contributed by atoms with Gasteiger partial charge in [0.2, 0.25) is 6.29 Å². The second-order valence-electron chi connectivity index (χ2n) is 6.97. The highest BCUT2D eigenvalue weighted by molar-refractivity contribution is 6.39. The van der Waals surface area contributed by atoms with Gasteiger partial charge >= 0.3 is 12.1 Å². The molecule has 0 amide bonds. The van der Waals surface area contributed by atoms with Crippen LogP contribution in [0.25, 0.3) is 0 Å². The average Bonchev–Trinajstić information content (AvgIpc) is 2.76. The van der Waals surface area contributed by atoms with E-state index in [0.29, 0.717) is 39.8 Å². The fourth-order valence-electron chi connectivity index (χ4n) is 2.83. The molecule has 1 unspecified atom stereocenters. The summed E-state index contributed by atoms with van der Waals surface area (Å²) in [6.07, 6.45) is 9.06. The summed E-state index contributed by atoms with van der Waals surface area (Å²) in [5.74, 6) is 4.18. The van der Waals surface area contributed by atoms with E-state index in [1.54, 1.807) is 42.5 Å². The molecule has 0 heterocycles. The first-order valence-corrected chi connectivity index (χ1v) is 10.8. The summed E-state index contributed by atoms with van der Waals surface area (Å²) in [6.45, 7) is 1.42. The Kier molecular flexibility index (Phi) is 10.4. The maximum atomic E-state index is 12.4. The lowest BCUT2D eigenvalue weighted by atomic mass is 10.0. The fourth-order valence-corrected chi connectivity index (χ4v) is 3.33. The number of anilines is 2. The van der Waals surface area contributed by atoms with Crippen LogP contribution in [0.4, 0.5) is 16.2 Å². The Morgan fingerprint density at radius 1 is 1.00 bits per heavy atom. The predicted molar refractivity (Wildman–Crippen MR) is 128 cm³/mol. The van der Waals surface area contributed by atoms with Gasteiger partial charge in [-0.15, -0.1) is 24.7 Å². The van der Waals surface area contributed by atoms with Crippen molar-refractivity contribution in [3.8, 4) is 24.7 Å². The molecule has 0 bridgehead atoms. The summed E-state index contributed by atoms with van der Waals surface area (Å²) in [5.41, 5.74) is 1.79. The van der Waals surface area contributed by atoms with Crippen molar-refractivity contribution in [2.75, 3.05) is 11.9 Å². The smallest absolute Gasteiger partial charge is 0.434 e. The van der Waals surface area contributed by atoms with Gasteiger partial charge in [0.15, 0.2) is 0 Å². The number of terminal acetylenes is 2. The van der Waals surface area contributed by atoms with Crippen molar-refractivity contribution >= 4 is 46.7 Å². The van der Waals surface area contributed by atoms with Crippen LogP contribution >= 0.6 is 23.2 Å². The van der Waals surface area contributed by atoms with E-state index in [9.17, 15) is 9.59 Å². The molecule has 1 atom stereocenters. The largest absolute Gasteiger partial charge is 0.511 e. The Morgan fingerprint density at radius 3 is 2.27 bits per heavy atom. The molecule has 0 saturated heterocycles. The van der Waals surface area contributed by atoms with Crippen LogP contribution < -0.4 is 5.32 Å². The molecule has 0 aliphatic heterocycles. The number of esters is 1. The van der Waals surface area contributed by atoms with E-state index < -0.39 is 18.4 Å². The summed E-state index contributed by atoms with van der Waals surface area (Å²) in [6, 6.07) is 12.3. The zero-order valence-electron chi connectivity index (χ0n) is 18.0. The molecule has 0 spiro atoms. The van der Waals surface area contributed by atoms with Gasteiger partial charge in [-0.3, -0.25) is 4.79 Å². The Balaban J connectivity index is 1.91. The molecular formula is C25H23Cl2NO5. The number of carbonyl (C=O) groups is 2. The Hall–Kier alpha value is -3.32.